The normalized spacial score (nSPS) is 10.6. The average molecular weight is 335 g/mol. The van der Waals surface area contributed by atoms with Gasteiger partial charge in [0.2, 0.25) is 5.91 Å². The van der Waals surface area contributed by atoms with Gasteiger partial charge in [0.15, 0.2) is 0 Å². The van der Waals surface area contributed by atoms with E-state index < -0.39 is 0 Å². The van der Waals surface area contributed by atoms with Gasteiger partial charge in [-0.25, -0.2) is 4.98 Å². The van der Waals surface area contributed by atoms with Gasteiger partial charge in [-0.05, 0) is 37.3 Å². The predicted molar refractivity (Wildman–Crippen MR) is 98.5 cm³/mol. The van der Waals surface area contributed by atoms with Gasteiger partial charge in [-0.2, -0.15) is 0 Å². The highest BCUT2D eigenvalue weighted by atomic mass is 16.5. The summed E-state index contributed by atoms with van der Waals surface area (Å²) in [6.45, 7) is 7.03. The molecule has 0 aliphatic carbocycles. The molecule has 2 aromatic carbocycles. The highest BCUT2D eigenvalue weighted by Crippen LogP contribution is 2.17. The molecule has 5 nitrogen and oxygen atoms in total. The largest absolute Gasteiger partial charge is 0.492 e. The summed E-state index contributed by atoms with van der Waals surface area (Å²) < 4.78 is 7.91. The monoisotopic (exact) mass is 335 g/mol. The Kier molecular flexibility index (Phi) is 5.14. The first kappa shape index (κ1) is 16.8. The third-order valence-electron chi connectivity index (χ3n) is 3.94. The molecule has 0 spiro atoms. The van der Waals surface area contributed by atoms with E-state index in [0.717, 1.165) is 22.6 Å². The molecule has 0 saturated heterocycles. The van der Waals surface area contributed by atoms with Crippen LogP contribution in [-0.2, 0) is 17.9 Å². The zero-order chi connectivity index (χ0) is 17.6. The van der Waals surface area contributed by atoms with Gasteiger partial charge in [-0.1, -0.05) is 36.4 Å². The predicted octanol–water partition coefficient (Wildman–Crippen LogP) is 3.23. The maximum atomic E-state index is 11.4. The Morgan fingerprint density at radius 2 is 2.00 bits per heavy atom. The molecular weight excluding hydrogens is 314 g/mol. The van der Waals surface area contributed by atoms with E-state index in [-0.39, 0.29) is 5.91 Å². The summed E-state index contributed by atoms with van der Waals surface area (Å²) in [5.74, 6) is 1.43. The topological polar surface area (TPSA) is 56.2 Å². The number of amides is 1. The number of carbonyl (C=O) groups is 1. The molecule has 0 bridgehead atoms. The lowest BCUT2D eigenvalue weighted by Gasteiger charge is -2.11. The van der Waals surface area contributed by atoms with Gasteiger partial charge >= 0.3 is 0 Å². The molecule has 0 aliphatic rings. The zero-order valence-corrected chi connectivity index (χ0v) is 14.2. The molecule has 5 heteroatoms. The minimum absolute atomic E-state index is 0.213. The van der Waals surface area contributed by atoms with Gasteiger partial charge in [0.05, 0.1) is 24.1 Å². The summed E-state index contributed by atoms with van der Waals surface area (Å²) in [6, 6.07) is 15.9. The van der Waals surface area contributed by atoms with Crippen LogP contribution >= 0.6 is 0 Å². The first-order valence-corrected chi connectivity index (χ1v) is 8.21. The molecule has 25 heavy (non-hydrogen) atoms. The van der Waals surface area contributed by atoms with Gasteiger partial charge < -0.3 is 14.6 Å². The van der Waals surface area contributed by atoms with Crippen molar-refractivity contribution < 1.29 is 9.53 Å². The smallest absolute Gasteiger partial charge is 0.243 e. The molecule has 0 unspecified atom stereocenters. The van der Waals surface area contributed by atoms with Crippen LogP contribution in [0.15, 0.2) is 61.2 Å². The van der Waals surface area contributed by atoms with E-state index in [9.17, 15) is 4.79 Å². The molecule has 128 valence electrons. The Balaban J connectivity index is 1.74. The van der Waals surface area contributed by atoms with Gasteiger partial charge in [-0.3, -0.25) is 4.79 Å². The van der Waals surface area contributed by atoms with Crippen LogP contribution in [0.4, 0.5) is 0 Å². The number of nitrogens with one attached hydrogen (secondary N) is 1. The van der Waals surface area contributed by atoms with Crippen LogP contribution in [0, 0.1) is 6.92 Å². The molecule has 0 saturated carbocycles. The first-order valence-electron chi connectivity index (χ1n) is 8.21. The standard InChI is InChI=1S/C20H21N3O2/c1-3-20(24)21-14-19-22-17-6-4-5-7-18(17)23(19)12-13-25-16-10-8-15(2)9-11-16/h3-11H,1,12-14H2,2H3,(H,21,24). The Hall–Kier alpha value is -3.08. The average Bonchev–Trinajstić information content (AvgIpc) is 2.99. The minimum Gasteiger partial charge on any atom is -0.492 e. The Labute approximate surface area is 146 Å². The van der Waals surface area contributed by atoms with Gasteiger partial charge in [0.1, 0.15) is 18.2 Å². The van der Waals surface area contributed by atoms with Crippen molar-refractivity contribution in [3.8, 4) is 5.75 Å². The van der Waals surface area contributed by atoms with Crippen molar-refractivity contribution in [2.24, 2.45) is 0 Å². The molecular formula is C20H21N3O2. The second-order valence-electron chi connectivity index (χ2n) is 5.75. The third kappa shape index (κ3) is 4.07. The lowest BCUT2D eigenvalue weighted by Crippen LogP contribution is -2.23. The molecule has 1 aromatic heterocycles. The summed E-state index contributed by atoms with van der Waals surface area (Å²) in [4.78, 5) is 16.1. The first-order chi connectivity index (χ1) is 12.2. The van der Waals surface area contributed by atoms with E-state index in [1.807, 2.05) is 55.5 Å². The molecule has 0 radical (unpaired) electrons. The lowest BCUT2D eigenvalue weighted by molar-refractivity contribution is -0.116. The van der Waals surface area contributed by atoms with E-state index >= 15 is 0 Å². The number of hydrogen-bond acceptors (Lipinski definition) is 3. The number of nitrogens with zero attached hydrogens (tertiary/aromatic N) is 2. The second kappa shape index (κ2) is 7.66. The van der Waals surface area contributed by atoms with Crippen LogP contribution in [0.1, 0.15) is 11.4 Å². The van der Waals surface area contributed by atoms with E-state index in [1.165, 1.54) is 11.6 Å². The number of para-hydroxylation sites is 2. The van der Waals surface area contributed by atoms with Crippen LogP contribution in [0.5, 0.6) is 5.75 Å². The molecule has 0 aliphatic heterocycles. The van der Waals surface area contributed by atoms with Crippen molar-refractivity contribution in [2.45, 2.75) is 20.0 Å². The summed E-state index contributed by atoms with van der Waals surface area (Å²) >= 11 is 0. The Bertz CT molecular complexity index is 882. The number of ether oxygens (including phenoxy) is 1. The van der Waals surface area contributed by atoms with E-state index in [0.29, 0.717) is 19.7 Å². The van der Waals surface area contributed by atoms with Crippen LogP contribution in [0.3, 0.4) is 0 Å². The highest BCUT2D eigenvalue weighted by Gasteiger charge is 2.11. The van der Waals surface area contributed by atoms with Crippen molar-refractivity contribution in [3.63, 3.8) is 0 Å². The molecule has 0 atom stereocenters. The van der Waals surface area contributed by atoms with Crippen molar-refractivity contribution in [1.29, 1.82) is 0 Å². The number of aryl methyl sites for hydroxylation is 1. The number of fused-ring (bicyclic) bond motifs is 1. The van der Waals surface area contributed by atoms with E-state index in [4.69, 9.17) is 4.74 Å². The number of carbonyl (C=O) groups excluding carboxylic acids is 1. The minimum atomic E-state index is -0.213. The van der Waals surface area contributed by atoms with Crippen LogP contribution in [0.25, 0.3) is 11.0 Å². The number of rotatable bonds is 7. The van der Waals surface area contributed by atoms with Gasteiger partial charge in [-0.15, -0.1) is 0 Å². The van der Waals surface area contributed by atoms with Crippen LogP contribution < -0.4 is 10.1 Å². The Morgan fingerprint density at radius 3 is 2.76 bits per heavy atom. The van der Waals surface area contributed by atoms with E-state index in [2.05, 4.69) is 21.4 Å². The van der Waals surface area contributed by atoms with Crippen molar-refractivity contribution in [2.75, 3.05) is 6.61 Å². The van der Waals surface area contributed by atoms with Crippen molar-refractivity contribution in [1.82, 2.24) is 14.9 Å². The molecule has 1 N–H and O–H groups in total. The van der Waals surface area contributed by atoms with E-state index in [1.54, 1.807) is 0 Å². The molecule has 3 aromatic rings. The summed E-state index contributed by atoms with van der Waals surface area (Å²) in [7, 11) is 0. The maximum Gasteiger partial charge on any atom is 0.243 e. The molecule has 1 amide bonds. The van der Waals surface area contributed by atoms with Gasteiger partial charge in [0.25, 0.3) is 0 Å². The van der Waals surface area contributed by atoms with Crippen molar-refractivity contribution in [3.05, 3.63) is 72.6 Å². The quantitative estimate of drug-likeness (QED) is 0.675. The summed E-state index contributed by atoms with van der Waals surface area (Å²) in [6.07, 6.45) is 1.26. The van der Waals surface area contributed by atoms with Gasteiger partial charge in [0, 0.05) is 0 Å². The zero-order valence-electron chi connectivity index (χ0n) is 14.2. The fourth-order valence-electron chi connectivity index (χ4n) is 2.64. The number of hydrogen-bond donors (Lipinski definition) is 1. The van der Waals surface area contributed by atoms with Crippen LogP contribution in [-0.4, -0.2) is 22.1 Å². The number of aromatic nitrogens is 2. The fraction of sp³-hybridized carbons (Fsp3) is 0.200. The van der Waals surface area contributed by atoms with Crippen LogP contribution in [0.2, 0.25) is 0 Å². The summed E-state index contributed by atoms with van der Waals surface area (Å²) in [5, 5.41) is 2.78. The fourth-order valence-corrected chi connectivity index (χ4v) is 2.64. The van der Waals surface area contributed by atoms with Crippen molar-refractivity contribution >= 4 is 16.9 Å². The molecule has 0 fully saturated rings. The highest BCUT2D eigenvalue weighted by molar-refractivity contribution is 5.86. The molecule has 1 heterocycles. The molecule has 3 rings (SSSR count). The maximum absolute atomic E-state index is 11.4. The summed E-state index contributed by atoms with van der Waals surface area (Å²) in [5.41, 5.74) is 3.13. The lowest BCUT2D eigenvalue weighted by atomic mass is 10.2. The second-order valence-corrected chi connectivity index (χ2v) is 5.75. The Morgan fingerprint density at radius 1 is 1.24 bits per heavy atom. The SMILES string of the molecule is C=CC(=O)NCc1nc2ccccc2n1CCOc1ccc(C)cc1. The number of imidazole rings is 1. The number of benzene rings is 2. The third-order valence-corrected chi connectivity index (χ3v) is 3.94.